The molecule has 0 radical (unpaired) electrons. The van der Waals surface area contributed by atoms with Gasteiger partial charge in [-0.15, -0.1) is 24.0 Å². The third-order valence-electron chi connectivity index (χ3n) is 3.45. The summed E-state index contributed by atoms with van der Waals surface area (Å²) in [5.41, 5.74) is 3.72. The fourth-order valence-corrected chi connectivity index (χ4v) is 2.16. The molecule has 0 unspecified atom stereocenters. The minimum absolute atomic E-state index is 0. The van der Waals surface area contributed by atoms with E-state index in [4.69, 9.17) is 0 Å². The van der Waals surface area contributed by atoms with Gasteiger partial charge in [-0.2, -0.15) is 0 Å². The molecule has 2 rings (SSSR count). The van der Waals surface area contributed by atoms with Gasteiger partial charge in [-0.3, -0.25) is 9.98 Å². The summed E-state index contributed by atoms with van der Waals surface area (Å²) in [5.74, 6) is 0.836. The molecule has 1 aromatic carbocycles. The van der Waals surface area contributed by atoms with Crippen LogP contribution in [0.5, 0.6) is 0 Å². The Morgan fingerprint density at radius 3 is 2.30 bits per heavy atom. The summed E-state index contributed by atoms with van der Waals surface area (Å²) >= 11 is 0. The van der Waals surface area contributed by atoms with Gasteiger partial charge in [0.25, 0.3) is 0 Å². The highest BCUT2D eigenvalue weighted by atomic mass is 127. The van der Waals surface area contributed by atoms with Gasteiger partial charge in [0, 0.05) is 38.4 Å². The van der Waals surface area contributed by atoms with Crippen LogP contribution in [0.25, 0.3) is 0 Å². The van der Waals surface area contributed by atoms with Crippen LogP contribution in [-0.2, 0) is 12.8 Å². The minimum atomic E-state index is 0. The van der Waals surface area contributed by atoms with E-state index in [-0.39, 0.29) is 24.0 Å². The van der Waals surface area contributed by atoms with E-state index in [0.717, 1.165) is 37.6 Å². The molecule has 0 aliphatic heterocycles. The summed E-state index contributed by atoms with van der Waals surface area (Å²) < 4.78 is 0. The van der Waals surface area contributed by atoms with Crippen molar-refractivity contribution in [2.75, 3.05) is 20.1 Å². The first-order valence-electron chi connectivity index (χ1n) is 7.68. The molecule has 1 aromatic heterocycles. The summed E-state index contributed by atoms with van der Waals surface area (Å²) in [6, 6.07) is 14.6. The van der Waals surface area contributed by atoms with E-state index in [1.807, 2.05) is 24.4 Å². The van der Waals surface area contributed by atoms with Gasteiger partial charge in [0.1, 0.15) is 0 Å². The molecule has 124 valence electrons. The van der Waals surface area contributed by atoms with Crippen LogP contribution in [0, 0.1) is 6.92 Å². The standard InChI is InChI=1S/C18H24N4.HI/c1-15-6-8-16(9-7-15)10-13-21-18(19-2)22-14-11-17-5-3-4-12-20-17;/h3-9,12H,10-11,13-14H2,1-2H3,(H2,19,21,22);1H. The monoisotopic (exact) mass is 424 g/mol. The molecule has 2 aromatic rings. The van der Waals surface area contributed by atoms with Crippen molar-refractivity contribution in [1.29, 1.82) is 0 Å². The second-order valence-corrected chi connectivity index (χ2v) is 5.23. The molecule has 4 nitrogen and oxygen atoms in total. The van der Waals surface area contributed by atoms with E-state index < -0.39 is 0 Å². The number of hydrogen-bond acceptors (Lipinski definition) is 2. The summed E-state index contributed by atoms with van der Waals surface area (Å²) in [6.07, 6.45) is 3.70. The molecule has 2 N–H and O–H groups in total. The normalized spacial score (nSPS) is 10.8. The molecule has 0 spiro atoms. The van der Waals surface area contributed by atoms with E-state index in [2.05, 4.69) is 51.8 Å². The van der Waals surface area contributed by atoms with E-state index in [0.29, 0.717) is 0 Å². The number of nitrogens with one attached hydrogen (secondary N) is 2. The Balaban J connectivity index is 0.00000264. The number of nitrogens with zero attached hydrogens (tertiary/aromatic N) is 2. The summed E-state index contributed by atoms with van der Waals surface area (Å²) in [7, 11) is 1.79. The molecule has 0 aliphatic carbocycles. The average Bonchev–Trinajstić information content (AvgIpc) is 2.56. The second kappa shape index (κ2) is 11.0. The molecule has 5 heteroatoms. The van der Waals surface area contributed by atoms with Gasteiger partial charge in [0.2, 0.25) is 0 Å². The van der Waals surface area contributed by atoms with Gasteiger partial charge in [-0.1, -0.05) is 35.9 Å². The lowest BCUT2D eigenvalue weighted by molar-refractivity contribution is 0.776. The lowest BCUT2D eigenvalue weighted by Crippen LogP contribution is -2.39. The van der Waals surface area contributed by atoms with Crippen LogP contribution in [0.4, 0.5) is 0 Å². The molecule has 0 saturated carbocycles. The zero-order valence-corrected chi connectivity index (χ0v) is 16.1. The van der Waals surface area contributed by atoms with Gasteiger partial charge in [-0.25, -0.2) is 0 Å². The predicted molar refractivity (Wildman–Crippen MR) is 108 cm³/mol. The van der Waals surface area contributed by atoms with Crippen LogP contribution in [0.3, 0.4) is 0 Å². The number of aryl methyl sites for hydroxylation is 1. The maximum Gasteiger partial charge on any atom is 0.190 e. The van der Waals surface area contributed by atoms with E-state index in [1.165, 1.54) is 11.1 Å². The molecular formula is C18H25IN4. The number of guanidine groups is 1. The molecule has 0 bridgehead atoms. The smallest absolute Gasteiger partial charge is 0.190 e. The summed E-state index contributed by atoms with van der Waals surface area (Å²) in [5, 5.41) is 6.65. The van der Waals surface area contributed by atoms with Crippen molar-refractivity contribution in [2.24, 2.45) is 4.99 Å². The highest BCUT2D eigenvalue weighted by molar-refractivity contribution is 14.0. The molecule has 0 atom stereocenters. The zero-order valence-electron chi connectivity index (χ0n) is 13.7. The van der Waals surface area contributed by atoms with Crippen LogP contribution in [0.2, 0.25) is 0 Å². The Kier molecular flexibility index (Phi) is 9.28. The first-order chi connectivity index (χ1) is 10.8. The number of hydrogen-bond donors (Lipinski definition) is 2. The van der Waals surface area contributed by atoms with Crippen LogP contribution < -0.4 is 10.6 Å². The number of aliphatic imine (C=N–C) groups is 1. The predicted octanol–water partition coefficient (Wildman–Crippen LogP) is 2.96. The van der Waals surface area contributed by atoms with Gasteiger partial charge in [-0.05, 0) is 31.0 Å². The number of halogens is 1. The maximum atomic E-state index is 4.31. The maximum absolute atomic E-state index is 4.31. The first-order valence-corrected chi connectivity index (χ1v) is 7.68. The Bertz CT molecular complexity index is 582. The second-order valence-electron chi connectivity index (χ2n) is 5.23. The lowest BCUT2D eigenvalue weighted by atomic mass is 10.1. The van der Waals surface area contributed by atoms with Crippen molar-refractivity contribution in [3.05, 3.63) is 65.5 Å². The number of pyridine rings is 1. The van der Waals surface area contributed by atoms with Gasteiger partial charge in [0.15, 0.2) is 5.96 Å². The lowest BCUT2D eigenvalue weighted by Gasteiger charge is -2.11. The molecule has 0 saturated heterocycles. The van der Waals surface area contributed by atoms with Gasteiger partial charge < -0.3 is 10.6 Å². The largest absolute Gasteiger partial charge is 0.356 e. The van der Waals surface area contributed by atoms with Crippen molar-refractivity contribution in [2.45, 2.75) is 19.8 Å². The van der Waals surface area contributed by atoms with Crippen LogP contribution in [0.1, 0.15) is 16.8 Å². The Hall–Kier alpha value is -1.63. The highest BCUT2D eigenvalue weighted by Crippen LogP contribution is 2.03. The Labute approximate surface area is 155 Å². The molecule has 23 heavy (non-hydrogen) atoms. The SMILES string of the molecule is CN=C(NCCc1ccc(C)cc1)NCCc1ccccn1.I. The molecule has 0 aliphatic rings. The fourth-order valence-electron chi connectivity index (χ4n) is 2.16. The van der Waals surface area contributed by atoms with E-state index >= 15 is 0 Å². The molecule has 1 heterocycles. The van der Waals surface area contributed by atoms with Crippen LogP contribution in [-0.4, -0.2) is 31.1 Å². The fraction of sp³-hybridized carbons (Fsp3) is 0.333. The van der Waals surface area contributed by atoms with Crippen LogP contribution >= 0.6 is 24.0 Å². The van der Waals surface area contributed by atoms with E-state index in [1.54, 1.807) is 7.05 Å². The van der Waals surface area contributed by atoms with Crippen molar-refractivity contribution >= 4 is 29.9 Å². The quantitative estimate of drug-likeness (QED) is 0.426. The van der Waals surface area contributed by atoms with Gasteiger partial charge in [0.05, 0.1) is 0 Å². The third kappa shape index (κ3) is 7.45. The number of rotatable bonds is 6. The summed E-state index contributed by atoms with van der Waals surface area (Å²) in [6.45, 7) is 3.79. The van der Waals surface area contributed by atoms with Crippen molar-refractivity contribution < 1.29 is 0 Å². The summed E-state index contributed by atoms with van der Waals surface area (Å²) in [4.78, 5) is 8.55. The first kappa shape index (κ1) is 19.4. The number of aromatic nitrogens is 1. The Morgan fingerprint density at radius 2 is 1.70 bits per heavy atom. The molecule has 0 amide bonds. The van der Waals surface area contributed by atoms with Crippen molar-refractivity contribution in [3.63, 3.8) is 0 Å². The minimum Gasteiger partial charge on any atom is -0.356 e. The van der Waals surface area contributed by atoms with Crippen molar-refractivity contribution in [1.82, 2.24) is 15.6 Å². The highest BCUT2D eigenvalue weighted by Gasteiger charge is 1.99. The molecular weight excluding hydrogens is 399 g/mol. The number of benzene rings is 1. The van der Waals surface area contributed by atoms with Gasteiger partial charge >= 0.3 is 0 Å². The Morgan fingerprint density at radius 1 is 1.00 bits per heavy atom. The third-order valence-corrected chi connectivity index (χ3v) is 3.45. The van der Waals surface area contributed by atoms with E-state index in [9.17, 15) is 0 Å². The zero-order chi connectivity index (χ0) is 15.6. The van der Waals surface area contributed by atoms with Crippen molar-refractivity contribution in [3.8, 4) is 0 Å². The topological polar surface area (TPSA) is 49.3 Å². The molecule has 0 fully saturated rings. The average molecular weight is 424 g/mol. The van der Waals surface area contributed by atoms with Crippen LogP contribution in [0.15, 0.2) is 53.7 Å².